The average Bonchev–Trinajstić information content (AvgIpc) is 2.68. The summed E-state index contributed by atoms with van der Waals surface area (Å²) in [5.74, 6) is -0.151. The molecule has 102 valence electrons. The Bertz CT molecular complexity index is 704. The summed E-state index contributed by atoms with van der Waals surface area (Å²) in [6.45, 7) is 0. The van der Waals surface area contributed by atoms with E-state index in [0.29, 0.717) is 12.1 Å². The van der Waals surface area contributed by atoms with Crippen molar-refractivity contribution in [2.24, 2.45) is 0 Å². The molecule has 1 fully saturated rings. The molecule has 0 aliphatic carbocycles. The van der Waals surface area contributed by atoms with Crippen molar-refractivity contribution in [2.45, 2.75) is 31.3 Å². The molecule has 2 aromatic rings. The Labute approximate surface area is 118 Å². The number of benzene rings is 2. The van der Waals surface area contributed by atoms with Gasteiger partial charge in [-0.1, -0.05) is 30.3 Å². The van der Waals surface area contributed by atoms with Crippen LogP contribution in [0.25, 0.3) is 16.3 Å². The van der Waals surface area contributed by atoms with Crippen LogP contribution < -0.4 is 0 Å². The molecule has 2 heterocycles. The van der Waals surface area contributed by atoms with E-state index < -0.39 is 0 Å². The lowest BCUT2D eigenvalue weighted by molar-refractivity contribution is 0.264. The third-order valence-corrected chi connectivity index (χ3v) is 4.93. The van der Waals surface area contributed by atoms with Gasteiger partial charge in [0.2, 0.25) is 0 Å². The van der Waals surface area contributed by atoms with Crippen LogP contribution in [0.1, 0.15) is 24.8 Å². The summed E-state index contributed by atoms with van der Waals surface area (Å²) in [6, 6.07) is 12.6. The molecule has 1 saturated heterocycles. The van der Waals surface area contributed by atoms with Gasteiger partial charge in [-0.2, -0.15) is 0 Å². The average molecular weight is 267 g/mol. The zero-order valence-electron chi connectivity index (χ0n) is 11.6. The van der Waals surface area contributed by atoms with E-state index in [2.05, 4.69) is 36.2 Å². The summed E-state index contributed by atoms with van der Waals surface area (Å²) in [7, 11) is 2.22. The first-order valence-corrected chi connectivity index (χ1v) is 7.33. The number of halogens is 1. The minimum atomic E-state index is -0.151. The molecule has 1 nitrogen and oxygen atoms in total. The molecule has 20 heavy (non-hydrogen) atoms. The predicted octanol–water partition coefficient (Wildman–Crippen LogP) is 4.23. The maximum atomic E-state index is 13.6. The molecule has 0 saturated carbocycles. The van der Waals surface area contributed by atoms with Crippen molar-refractivity contribution in [1.29, 1.82) is 0 Å². The van der Waals surface area contributed by atoms with Crippen LogP contribution in [0.15, 0.2) is 42.5 Å². The van der Waals surface area contributed by atoms with Crippen molar-refractivity contribution in [2.75, 3.05) is 7.05 Å². The van der Waals surface area contributed by atoms with E-state index in [9.17, 15) is 4.39 Å². The SMILES string of the molecule is CN1C2C=C(c3cccc4ccc(F)cc34)CC1CC2. The number of nitrogens with zero attached hydrogens (tertiary/aromatic N) is 1. The highest BCUT2D eigenvalue weighted by atomic mass is 19.1. The summed E-state index contributed by atoms with van der Waals surface area (Å²) in [5.41, 5.74) is 2.61. The molecule has 2 unspecified atom stereocenters. The molecule has 2 aromatic carbocycles. The van der Waals surface area contributed by atoms with E-state index in [4.69, 9.17) is 0 Å². The number of rotatable bonds is 1. The first kappa shape index (κ1) is 12.1. The third kappa shape index (κ3) is 1.79. The number of fused-ring (bicyclic) bond motifs is 3. The van der Waals surface area contributed by atoms with E-state index in [1.165, 1.54) is 24.0 Å². The zero-order chi connectivity index (χ0) is 13.7. The molecule has 0 N–H and O–H groups in total. The first-order valence-electron chi connectivity index (χ1n) is 7.33. The number of likely N-dealkylation sites (N-methyl/N-ethyl adjacent to an activating group) is 1. The Morgan fingerprint density at radius 3 is 2.90 bits per heavy atom. The minimum Gasteiger partial charge on any atom is -0.297 e. The van der Waals surface area contributed by atoms with Crippen LogP contribution in [0.2, 0.25) is 0 Å². The van der Waals surface area contributed by atoms with Gasteiger partial charge in [0.05, 0.1) is 0 Å². The van der Waals surface area contributed by atoms with Gasteiger partial charge in [0.15, 0.2) is 0 Å². The van der Waals surface area contributed by atoms with Gasteiger partial charge >= 0.3 is 0 Å². The summed E-state index contributed by atoms with van der Waals surface area (Å²) in [4.78, 5) is 2.48. The molecule has 0 spiro atoms. The van der Waals surface area contributed by atoms with Crippen LogP contribution in [-0.2, 0) is 0 Å². The van der Waals surface area contributed by atoms with Gasteiger partial charge in [0, 0.05) is 12.1 Å². The smallest absolute Gasteiger partial charge is 0.123 e. The highest BCUT2D eigenvalue weighted by Gasteiger charge is 2.34. The standard InChI is InChI=1S/C18H18FN/c1-20-15-7-8-16(20)10-13(9-15)17-4-2-3-12-5-6-14(19)11-18(12)17/h2-6,9,11,15-16H,7-8,10H2,1H3. The Hall–Kier alpha value is -1.67. The third-order valence-electron chi connectivity index (χ3n) is 4.93. The summed E-state index contributed by atoms with van der Waals surface area (Å²) in [5, 5.41) is 2.17. The summed E-state index contributed by atoms with van der Waals surface area (Å²) in [6.07, 6.45) is 6.01. The molecular formula is C18H18FN. The van der Waals surface area contributed by atoms with E-state index in [0.717, 1.165) is 17.2 Å². The van der Waals surface area contributed by atoms with Gasteiger partial charge in [0.25, 0.3) is 0 Å². The lowest BCUT2D eigenvalue weighted by Gasteiger charge is -2.30. The van der Waals surface area contributed by atoms with Crippen molar-refractivity contribution in [3.8, 4) is 0 Å². The second kappa shape index (κ2) is 4.42. The van der Waals surface area contributed by atoms with Crippen LogP contribution in [0, 0.1) is 5.82 Å². The molecule has 2 atom stereocenters. The highest BCUT2D eigenvalue weighted by Crippen LogP contribution is 2.39. The minimum absolute atomic E-state index is 0.151. The fourth-order valence-corrected chi connectivity index (χ4v) is 3.77. The van der Waals surface area contributed by atoms with Crippen molar-refractivity contribution in [1.82, 2.24) is 4.90 Å². The van der Waals surface area contributed by atoms with E-state index in [1.807, 2.05) is 6.07 Å². The predicted molar refractivity (Wildman–Crippen MR) is 81.1 cm³/mol. The van der Waals surface area contributed by atoms with Crippen LogP contribution in [0.4, 0.5) is 4.39 Å². The first-order chi connectivity index (χ1) is 9.72. The Morgan fingerprint density at radius 2 is 2.05 bits per heavy atom. The molecule has 2 heteroatoms. The second-order valence-electron chi connectivity index (χ2n) is 6.03. The van der Waals surface area contributed by atoms with Crippen LogP contribution in [0.3, 0.4) is 0 Å². The number of hydrogen-bond donors (Lipinski definition) is 0. The van der Waals surface area contributed by atoms with Gasteiger partial charge in [-0.25, -0.2) is 4.39 Å². The lowest BCUT2D eigenvalue weighted by Crippen LogP contribution is -2.34. The van der Waals surface area contributed by atoms with Crippen LogP contribution in [0.5, 0.6) is 0 Å². The van der Waals surface area contributed by atoms with E-state index >= 15 is 0 Å². The van der Waals surface area contributed by atoms with Crippen molar-refractivity contribution < 1.29 is 4.39 Å². The molecule has 0 radical (unpaired) electrons. The summed E-state index contributed by atoms with van der Waals surface area (Å²) < 4.78 is 13.6. The maximum absolute atomic E-state index is 13.6. The normalized spacial score (nSPS) is 26.0. The Kier molecular flexibility index (Phi) is 2.67. The molecular weight excluding hydrogens is 249 g/mol. The molecule has 2 aliphatic rings. The van der Waals surface area contributed by atoms with Crippen molar-refractivity contribution in [3.63, 3.8) is 0 Å². The molecule has 0 aromatic heterocycles. The van der Waals surface area contributed by atoms with Gasteiger partial charge in [-0.3, -0.25) is 4.90 Å². The lowest BCUT2D eigenvalue weighted by atomic mass is 9.91. The molecule has 2 bridgehead atoms. The van der Waals surface area contributed by atoms with Gasteiger partial charge in [-0.15, -0.1) is 0 Å². The van der Waals surface area contributed by atoms with E-state index in [1.54, 1.807) is 12.1 Å². The van der Waals surface area contributed by atoms with Crippen LogP contribution in [-0.4, -0.2) is 24.0 Å². The topological polar surface area (TPSA) is 3.24 Å². The summed E-state index contributed by atoms with van der Waals surface area (Å²) >= 11 is 0. The van der Waals surface area contributed by atoms with Crippen molar-refractivity contribution in [3.05, 3.63) is 53.9 Å². The number of hydrogen-bond acceptors (Lipinski definition) is 1. The largest absolute Gasteiger partial charge is 0.297 e. The Balaban J connectivity index is 1.87. The maximum Gasteiger partial charge on any atom is 0.123 e. The highest BCUT2D eigenvalue weighted by molar-refractivity contribution is 5.94. The second-order valence-corrected chi connectivity index (χ2v) is 6.03. The monoisotopic (exact) mass is 267 g/mol. The van der Waals surface area contributed by atoms with E-state index in [-0.39, 0.29) is 5.82 Å². The molecule has 0 amide bonds. The Morgan fingerprint density at radius 1 is 1.15 bits per heavy atom. The molecule has 2 aliphatic heterocycles. The van der Waals surface area contributed by atoms with Gasteiger partial charge in [0.1, 0.15) is 5.82 Å². The van der Waals surface area contributed by atoms with Gasteiger partial charge < -0.3 is 0 Å². The van der Waals surface area contributed by atoms with Crippen molar-refractivity contribution >= 4 is 16.3 Å². The van der Waals surface area contributed by atoms with Gasteiger partial charge in [-0.05, 0) is 60.4 Å². The fourth-order valence-electron chi connectivity index (χ4n) is 3.77. The quantitative estimate of drug-likeness (QED) is 0.747. The molecule has 4 rings (SSSR count). The zero-order valence-corrected chi connectivity index (χ0v) is 11.6. The fraction of sp³-hybridized carbons (Fsp3) is 0.333. The van der Waals surface area contributed by atoms with Crippen LogP contribution >= 0.6 is 0 Å².